The van der Waals surface area contributed by atoms with Gasteiger partial charge in [0.2, 0.25) is 0 Å². The first-order chi connectivity index (χ1) is 8.35. The van der Waals surface area contributed by atoms with E-state index in [1.807, 2.05) is 6.92 Å². The van der Waals surface area contributed by atoms with E-state index in [0.29, 0.717) is 6.42 Å². The van der Waals surface area contributed by atoms with Crippen molar-refractivity contribution in [1.29, 1.82) is 0 Å². The summed E-state index contributed by atoms with van der Waals surface area (Å²) in [5, 5.41) is 8.80. The molecule has 0 aliphatic rings. The molecule has 0 aliphatic carbocycles. The van der Waals surface area contributed by atoms with Gasteiger partial charge in [-0.2, -0.15) is 4.89 Å². The monoisotopic (exact) mass is 252 g/mol. The molecule has 0 bridgehead atoms. The number of carbonyl (C=O) groups is 2. The van der Waals surface area contributed by atoms with Crippen molar-refractivity contribution < 1.29 is 24.5 Å². The Balaban J connectivity index is 2.73. The van der Waals surface area contributed by atoms with E-state index < -0.39 is 17.5 Å². The summed E-state index contributed by atoms with van der Waals surface area (Å²) in [4.78, 5) is 32.1. The summed E-state index contributed by atoms with van der Waals surface area (Å²) in [6.45, 7) is 5.47. The lowest BCUT2D eigenvalue weighted by molar-refractivity contribution is -0.307. The van der Waals surface area contributed by atoms with Gasteiger partial charge in [-0.05, 0) is 38.5 Å². The maximum Gasteiger partial charge on any atom is 0.373 e. The SMILES string of the molecule is CCC(C)(C)OOC(=O)c1cccc(C(=O)O)c1. The van der Waals surface area contributed by atoms with Crippen molar-refractivity contribution in [2.75, 3.05) is 0 Å². The molecule has 1 N–H and O–H groups in total. The van der Waals surface area contributed by atoms with Gasteiger partial charge in [-0.15, -0.1) is 0 Å². The number of aromatic carboxylic acids is 1. The van der Waals surface area contributed by atoms with Gasteiger partial charge in [-0.25, -0.2) is 9.59 Å². The van der Waals surface area contributed by atoms with Crippen molar-refractivity contribution >= 4 is 11.9 Å². The molecular formula is C13H16O5. The molecule has 0 spiro atoms. The van der Waals surface area contributed by atoms with Gasteiger partial charge in [0, 0.05) is 0 Å². The molecular weight excluding hydrogens is 236 g/mol. The third-order valence-corrected chi connectivity index (χ3v) is 2.54. The quantitative estimate of drug-likeness (QED) is 0.644. The van der Waals surface area contributed by atoms with Crippen LogP contribution >= 0.6 is 0 Å². The number of hydrogen-bond acceptors (Lipinski definition) is 4. The van der Waals surface area contributed by atoms with Crippen molar-refractivity contribution in [1.82, 2.24) is 0 Å². The van der Waals surface area contributed by atoms with Gasteiger partial charge in [-0.3, -0.25) is 4.89 Å². The average Bonchev–Trinajstić information content (AvgIpc) is 2.36. The second-order valence-corrected chi connectivity index (χ2v) is 4.45. The van der Waals surface area contributed by atoms with Crippen molar-refractivity contribution in [3.05, 3.63) is 35.4 Å². The molecule has 5 nitrogen and oxygen atoms in total. The number of benzene rings is 1. The van der Waals surface area contributed by atoms with Crippen LogP contribution in [-0.2, 0) is 9.78 Å². The van der Waals surface area contributed by atoms with Crippen molar-refractivity contribution in [3.63, 3.8) is 0 Å². The molecule has 0 heterocycles. The highest BCUT2D eigenvalue weighted by molar-refractivity contribution is 5.94. The second kappa shape index (κ2) is 5.64. The van der Waals surface area contributed by atoms with Crippen LogP contribution in [0.2, 0.25) is 0 Å². The van der Waals surface area contributed by atoms with Crippen molar-refractivity contribution in [2.45, 2.75) is 32.8 Å². The molecule has 0 radical (unpaired) electrons. The minimum absolute atomic E-state index is 0.0270. The summed E-state index contributed by atoms with van der Waals surface area (Å²) < 4.78 is 0. The summed E-state index contributed by atoms with van der Waals surface area (Å²) in [5.74, 6) is -1.81. The Kier molecular flexibility index (Phi) is 4.44. The van der Waals surface area contributed by atoms with Gasteiger partial charge in [-0.1, -0.05) is 13.0 Å². The molecule has 18 heavy (non-hydrogen) atoms. The first-order valence-electron chi connectivity index (χ1n) is 5.59. The summed E-state index contributed by atoms with van der Waals surface area (Å²) in [6.07, 6.45) is 0.676. The molecule has 0 unspecified atom stereocenters. The van der Waals surface area contributed by atoms with Crippen LogP contribution in [0.25, 0.3) is 0 Å². The third-order valence-electron chi connectivity index (χ3n) is 2.54. The average molecular weight is 252 g/mol. The molecule has 1 rings (SSSR count). The predicted molar refractivity (Wildman–Crippen MR) is 64.3 cm³/mol. The number of carboxylic acids is 1. The Morgan fingerprint density at radius 1 is 1.28 bits per heavy atom. The van der Waals surface area contributed by atoms with E-state index in [9.17, 15) is 9.59 Å². The highest BCUT2D eigenvalue weighted by Gasteiger charge is 2.20. The summed E-state index contributed by atoms with van der Waals surface area (Å²) in [7, 11) is 0. The Morgan fingerprint density at radius 3 is 2.44 bits per heavy atom. The van der Waals surface area contributed by atoms with Crippen LogP contribution in [-0.4, -0.2) is 22.6 Å². The fourth-order valence-electron chi connectivity index (χ4n) is 1.04. The van der Waals surface area contributed by atoms with E-state index in [0.717, 1.165) is 0 Å². The predicted octanol–water partition coefficient (Wildman–Crippen LogP) is 2.66. The topological polar surface area (TPSA) is 72.8 Å². The maximum atomic E-state index is 11.6. The Labute approximate surface area is 105 Å². The largest absolute Gasteiger partial charge is 0.478 e. The van der Waals surface area contributed by atoms with E-state index >= 15 is 0 Å². The fraction of sp³-hybridized carbons (Fsp3) is 0.385. The van der Waals surface area contributed by atoms with E-state index in [4.69, 9.17) is 9.99 Å². The van der Waals surface area contributed by atoms with Gasteiger partial charge in [0.1, 0.15) is 5.60 Å². The molecule has 0 atom stereocenters. The van der Waals surface area contributed by atoms with Crippen LogP contribution in [0, 0.1) is 0 Å². The van der Waals surface area contributed by atoms with Crippen LogP contribution < -0.4 is 0 Å². The van der Waals surface area contributed by atoms with Gasteiger partial charge in [0.05, 0.1) is 11.1 Å². The molecule has 1 aromatic rings. The van der Waals surface area contributed by atoms with Gasteiger partial charge in [0.15, 0.2) is 0 Å². The lowest BCUT2D eigenvalue weighted by Crippen LogP contribution is -2.25. The van der Waals surface area contributed by atoms with Crippen LogP contribution in [0.3, 0.4) is 0 Å². The Hall–Kier alpha value is -1.88. The second-order valence-electron chi connectivity index (χ2n) is 4.45. The van der Waals surface area contributed by atoms with Gasteiger partial charge < -0.3 is 5.11 Å². The van der Waals surface area contributed by atoms with Crippen LogP contribution in [0.4, 0.5) is 0 Å². The zero-order valence-corrected chi connectivity index (χ0v) is 10.6. The van der Waals surface area contributed by atoms with Crippen LogP contribution in [0.1, 0.15) is 47.9 Å². The van der Waals surface area contributed by atoms with E-state index in [-0.39, 0.29) is 11.1 Å². The zero-order chi connectivity index (χ0) is 13.8. The smallest absolute Gasteiger partial charge is 0.373 e. The highest BCUT2D eigenvalue weighted by atomic mass is 17.2. The molecule has 0 fully saturated rings. The van der Waals surface area contributed by atoms with Crippen LogP contribution in [0.15, 0.2) is 24.3 Å². The molecule has 0 aromatic heterocycles. The lowest BCUT2D eigenvalue weighted by atomic mass is 10.1. The zero-order valence-electron chi connectivity index (χ0n) is 10.6. The van der Waals surface area contributed by atoms with E-state index in [1.54, 1.807) is 13.8 Å². The molecule has 98 valence electrons. The minimum atomic E-state index is -1.10. The molecule has 0 aliphatic heterocycles. The summed E-state index contributed by atoms with van der Waals surface area (Å²) in [5.41, 5.74) is -0.402. The third kappa shape index (κ3) is 3.85. The number of carbonyl (C=O) groups excluding carboxylic acids is 1. The number of carboxylic acid groups (broad SMARTS) is 1. The molecule has 0 saturated heterocycles. The molecule has 1 aromatic carbocycles. The standard InChI is InChI=1S/C13H16O5/c1-4-13(2,3)18-17-12(16)10-7-5-6-9(8-10)11(14)15/h5-8H,4H2,1-3H3,(H,14,15). The number of rotatable bonds is 5. The first kappa shape index (κ1) is 14.2. The van der Waals surface area contributed by atoms with Crippen molar-refractivity contribution in [3.8, 4) is 0 Å². The maximum absolute atomic E-state index is 11.6. The Bertz CT molecular complexity index is 450. The highest BCUT2D eigenvalue weighted by Crippen LogP contribution is 2.15. The van der Waals surface area contributed by atoms with Crippen LogP contribution in [0.5, 0.6) is 0 Å². The van der Waals surface area contributed by atoms with E-state index in [1.165, 1.54) is 24.3 Å². The summed E-state index contributed by atoms with van der Waals surface area (Å²) in [6, 6.07) is 5.59. The molecule has 0 amide bonds. The van der Waals surface area contributed by atoms with Gasteiger partial charge in [0.25, 0.3) is 0 Å². The molecule has 0 saturated carbocycles. The first-order valence-corrected chi connectivity index (χ1v) is 5.59. The number of hydrogen-bond donors (Lipinski definition) is 1. The van der Waals surface area contributed by atoms with Gasteiger partial charge >= 0.3 is 11.9 Å². The summed E-state index contributed by atoms with van der Waals surface area (Å²) >= 11 is 0. The fourth-order valence-corrected chi connectivity index (χ4v) is 1.04. The minimum Gasteiger partial charge on any atom is -0.478 e. The Morgan fingerprint density at radius 2 is 1.89 bits per heavy atom. The molecule has 5 heteroatoms. The normalized spacial score (nSPS) is 11.1. The van der Waals surface area contributed by atoms with Crippen molar-refractivity contribution in [2.24, 2.45) is 0 Å². The lowest BCUT2D eigenvalue weighted by Gasteiger charge is -2.20. The van der Waals surface area contributed by atoms with E-state index in [2.05, 4.69) is 4.89 Å².